The van der Waals surface area contributed by atoms with Crippen molar-refractivity contribution in [2.75, 3.05) is 5.32 Å². The van der Waals surface area contributed by atoms with Crippen molar-refractivity contribution in [2.45, 2.75) is 33.0 Å². The Labute approximate surface area is 163 Å². The van der Waals surface area contributed by atoms with Crippen LogP contribution in [0.5, 0.6) is 5.75 Å². The zero-order valence-electron chi connectivity index (χ0n) is 15.2. The van der Waals surface area contributed by atoms with Gasteiger partial charge in [0.2, 0.25) is 0 Å². The van der Waals surface area contributed by atoms with Crippen LogP contribution in [0.3, 0.4) is 0 Å². The van der Waals surface area contributed by atoms with E-state index in [1.807, 2.05) is 61.5 Å². The molecule has 6 heteroatoms. The molecule has 1 aromatic heterocycles. The Kier molecular flexibility index (Phi) is 6.49. The first-order valence-corrected chi connectivity index (χ1v) is 9.30. The molecule has 0 radical (unpaired) electrons. The predicted molar refractivity (Wildman–Crippen MR) is 108 cm³/mol. The first-order chi connectivity index (χ1) is 13.2. The standard InChI is InChI=1S/C21H22ClN3O2/c1-2-11-25-21(26)20(22)19(14-24-25)23-13-17-9-6-10-18(12-17)27-15-16-7-4-3-5-8-16/h3-10,12,14,23H,2,11,13,15H2,1H3. The number of nitrogens with zero attached hydrogens (tertiary/aromatic N) is 2. The van der Waals surface area contributed by atoms with Gasteiger partial charge in [-0.2, -0.15) is 5.10 Å². The normalized spacial score (nSPS) is 10.6. The Bertz CT molecular complexity index is 942. The van der Waals surface area contributed by atoms with Gasteiger partial charge in [-0.25, -0.2) is 4.68 Å². The fraction of sp³-hybridized carbons (Fsp3) is 0.238. The van der Waals surface area contributed by atoms with Crippen molar-refractivity contribution in [1.82, 2.24) is 9.78 Å². The maximum atomic E-state index is 12.2. The SMILES string of the molecule is CCCn1ncc(NCc2cccc(OCc3ccccc3)c2)c(Cl)c1=O. The highest BCUT2D eigenvalue weighted by Crippen LogP contribution is 2.19. The van der Waals surface area contributed by atoms with E-state index < -0.39 is 0 Å². The maximum absolute atomic E-state index is 12.2. The molecule has 3 rings (SSSR count). The monoisotopic (exact) mass is 383 g/mol. The van der Waals surface area contributed by atoms with Crippen molar-refractivity contribution in [2.24, 2.45) is 0 Å². The van der Waals surface area contributed by atoms with Crippen molar-refractivity contribution in [3.8, 4) is 5.75 Å². The molecule has 0 fully saturated rings. The summed E-state index contributed by atoms with van der Waals surface area (Å²) in [6.45, 7) is 3.57. The number of hydrogen-bond acceptors (Lipinski definition) is 4. The number of aromatic nitrogens is 2. The summed E-state index contributed by atoms with van der Waals surface area (Å²) in [6, 6.07) is 17.8. The lowest BCUT2D eigenvalue weighted by Gasteiger charge is -2.11. The van der Waals surface area contributed by atoms with E-state index in [1.165, 1.54) is 4.68 Å². The van der Waals surface area contributed by atoms with Gasteiger partial charge < -0.3 is 10.1 Å². The molecular weight excluding hydrogens is 362 g/mol. The average molecular weight is 384 g/mol. The van der Waals surface area contributed by atoms with Crippen LogP contribution >= 0.6 is 11.6 Å². The highest BCUT2D eigenvalue weighted by molar-refractivity contribution is 6.32. The van der Waals surface area contributed by atoms with Gasteiger partial charge in [0.15, 0.2) is 0 Å². The minimum atomic E-state index is -0.275. The molecule has 140 valence electrons. The average Bonchev–Trinajstić information content (AvgIpc) is 2.71. The lowest BCUT2D eigenvalue weighted by Crippen LogP contribution is -2.24. The molecule has 0 unspecified atom stereocenters. The van der Waals surface area contributed by atoms with Crippen molar-refractivity contribution >= 4 is 17.3 Å². The Hall–Kier alpha value is -2.79. The summed E-state index contributed by atoms with van der Waals surface area (Å²) in [4.78, 5) is 12.2. The number of benzene rings is 2. The molecule has 0 aliphatic rings. The van der Waals surface area contributed by atoms with Gasteiger partial charge in [-0.1, -0.05) is 61.0 Å². The van der Waals surface area contributed by atoms with Crippen LogP contribution in [-0.4, -0.2) is 9.78 Å². The second-order valence-corrected chi connectivity index (χ2v) is 6.55. The van der Waals surface area contributed by atoms with E-state index in [2.05, 4.69) is 10.4 Å². The van der Waals surface area contributed by atoms with E-state index in [0.29, 0.717) is 25.4 Å². The van der Waals surface area contributed by atoms with E-state index in [-0.39, 0.29) is 10.6 Å². The molecule has 27 heavy (non-hydrogen) atoms. The Balaban J connectivity index is 1.63. The Morgan fingerprint density at radius 2 is 1.89 bits per heavy atom. The van der Waals surface area contributed by atoms with E-state index >= 15 is 0 Å². The van der Waals surface area contributed by atoms with Gasteiger partial charge in [-0.3, -0.25) is 4.79 Å². The van der Waals surface area contributed by atoms with Crippen LogP contribution in [-0.2, 0) is 19.7 Å². The van der Waals surface area contributed by atoms with Crippen molar-refractivity contribution < 1.29 is 4.74 Å². The van der Waals surface area contributed by atoms with Crippen LogP contribution in [0.15, 0.2) is 65.6 Å². The van der Waals surface area contributed by atoms with Gasteiger partial charge in [0.25, 0.3) is 5.56 Å². The molecule has 0 aliphatic heterocycles. The second-order valence-electron chi connectivity index (χ2n) is 6.18. The lowest BCUT2D eigenvalue weighted by atomic mass is 10.2. The summed E-state index contributed by atoms with van der Waals surface area (Å²) in [7, 11) is 0. The number of nitrogens with one attached hydrogen (secondary N) is 1. The highest BCUT2D eigenvalue weighted by Gasteiger charge is 2.09. The maximum Gasteiger partial charge on any atom is 0.287 e. The van der Waals surface area contributed by atoms with Crippen LogP contribution < -0.4 is 15.6 Å². The summed E-state index contributed by atoms with van der Waals surface area (Å²) in [5.74, 6) is 0.792. The number of hydrogen-bond donors (Lipinski definition) is 1. The molecule has 0 spiro atoms. The molecule has 0 bridgehead atoms. The zero-order chi connectivity index (χ0) is 19.1. The van der Waals surface area contributed by atoms with Crippen LogP contribution in [0, 0.1) is 0 Å². The summed E-state index contributed by atoms with van der Waals surface area (Å²) in [5.41, 5.74) is 2.40. The van der Waals surface area contributed by atoms with E-state index in [0.717, 1.165) is 23.3 Å². The number of halogens is 1. The quantitative estimate of drug-likeness (QED) is 0.622. The Morgan fingerprint density at radius 1 is 1.11 bits per heavy atom. The molecule has 1 heterocycles. The molecule has 1 N–H and O–H groups in total. The van der Waals surface area contributed by atoms with Gasteiger partial charge in [0.05, 0.1) is 11.9 Å². The van der Waals surface area contributed by atoms with Crippen molar-refractivity contribution in [1.29, 1.82) is 0 Å². The molecule has 0 atom stereocenters. The number of ether oxygens (including phenoxy) is 1. The van der Waals surface area contributed by atoms with Crippen LogP contribution in [0.4, 0.5) is 5.69 Å². The zero-order valence-corrected chi connectivity index (χ0v) is 15.9. The smallest absolute Gasteiger partial charge is 0.287 e. The number of rotatable bonds is 8. The number of aryl methyl sites for hydroxylation is 1. The van der Waals surface area contributed by atoms with Crippen molar-refractivity contribution in [3.05, 3.63) is 87.3 Å². The first-order valence-electron chi connectivity index (χ1n) is 8.92. The number of anilines is 1. The molecule has 5 nitrogen and oxygen atoms in total. The summed E-state index contributed by atoms with van der Waals surface area (Å²) < 4.78 is 7.23. The van der Waals surface area contributed by atoms with E-state index in [9.17, 15) is 4.79 Å². The van der Waals surface area contributed by atoms with Gasteiger partial charge in [-0.15, -0.1) is 0 Å². The summed E-state index contributed by atoms with van der Waals surface area (Å²) in [5, 5.41) is 7.49. The third-order valence-corrected chi connectivity index (χ3v) is 4.42. The van der Waals surface area contributed by atoms with Crippen LogP contribution in [0.25, 0.3) is 0 Å². The third-order valence-electron chi connectivity index (χ3n) is 4.05. The fourth-order valence-electron chi connectivity index (χ4n) is 2.64. The first kappa shape index (κ1) is 19.0. The second kappa shape index (κ2) is 9.24. The Morgan fingerprint density at radius 3 is 2.67 bits per heavy atom. The third kappa shape index (κ3) is 5.11. The lowest BCUT2D eigenvalue weighted by molar-refractivity contribution is 0.306. The van der Waals surface area contributed by atoms with Gasteiger partial charge in [0.1, 0.15) is 17.4 Å². The predicted octanol–water partition coefficient (Wildman–Crippen LogP) is 4.50. The minimum Gasteiger partial charge on any atom is -0.489 e. The van der Waals surface area contributed by atoms with Crippen LogP contribution in [0.2, 0.25) is 5.02 Å². The largest absolute Gasteiger partial charge is 0.489 e. The molecule has 0 saturated heterocycles. The molecular formula is C21H22ClN3O2. The summed E-state index contributed by atoms with van der Waals surface area (Å²) >= 11 is 6.19. The van der Waals surface area contributed by atoms with Crippen LogP contribution in [0.1, 0.15) is 24.5 Å². The summed E-state index contributed by atoms with van der Waals surface area (Å²) in [6.07, 6.45) is 2.42. The fourth-order valence-corrected chi connectivity index (χ4v) is 2.86. The van der Waals surface area contributed by atoms with Gasteiger partial charge >= 0.3 is 0 Å². The van der Waals surface area contributed by atoms with Gasteiger partial charge in [0, 0.05) is 13.1 Å². The van der Waals surface area contributed by atoms with Gasteiger partial charge in [-0.05, 0) is 29.7 Å². The highest BCUT2D eigenvalue weighted by atomic mass is 35.5. The molecule has 0 saturated carbocycles. The molecule has 2 aromatic carbocycles. The molecule has 3 aromatic rings. The van der Waals surface area contributed by atoms with Crippen molar-refractivity contribution in [3.63, 3.8) is 0 Å². The topological polar surface area (TPSA) is 56.1 Å². The minimum absolute atomic E-state index is 0.162. The molecule has 0 aliphatic carbocycles. The van der Waals surface area contributed by atoms with E-state index in [4.69, 9.17) is 16.3 Å². The van der Waals surface area contributed by atoms with E-state index in [1.54, 1.807) is 6.20 Å². The molecule has 0 amide bonds.